The van der Waals surface area contributed by atoms with E-state index in [0.29, 0.717) is 17.3 Å². The van der Waals surface area contributed by atoms with Crippen LogP contribution in [0.2, 0.25) is 0 Å². The second kappa shape index (κ2) is 5.85. The van der Waals surface area contributed by atoms with E-state index in [-0.39, 0.29) is 11.9 Å². The summed E-state index contributed by atoms with van der Waals surface area (Å²) in [5.74, 6) is 0.429. The minimum absolute atomic E-state index is 0.161. The number of pyridine rings is 1. The standard InChI is InChI=1S/C14H21N3O/c1-10(11-6-3-2-4-7-11)17-14(18)13-12(15)8-5-9-16-13/h5,8-11H,2-4,6-7,15H2,1H3,(H,17,18)/t10-/m1/s1. The third kappa shape index (κ3) is 3.00. The van der Waals surface area contributed by atoms with Crippen LogP contribution in [0.5, 0.6) is 0 Å². The average molecular weight is 247 g/mol. The van der Waals surface area contributed by atoms with Crippen molar-refractivity contribution in [3.8, 4) is 0 Å². The van der Waals surface area contributed by atoms with Crippen LogP contribution in [0.15, 0.2) is 18.3 Å². The Morgan fingerprint density at radius 1 is 1.44 bits per heavy atom. The lowest BCUT2D eigenvalue weighted by molar-refractivity contribution is 0.0915. The van der Waals surface area contributed by atoms with Crippen LogP contribution in [-0.4, -0.2) is 16.9 Å². The van der Waals surface area contributed by atoms with E-state index in [0.717, 1.165) is 0 Å². The molecule has 0 spiro atoms. The zero-order valence-electron chi connectivity index (χ0n) is 10.9. The molecule has 1 atom stereocenters. The van der Waals surface area contributed by atoms with Gasteiger partial charge in [-0.25, -0.2) is 4.98 Å². The molecular weight excluding hydrogens is 226 g/mol. The third-order valence-electron chi connectivity index (χ3n) is 3.77. The maximum absolute atomic E-state index is 12.1. The fourth-order valence-corrected chi connectivity index (χ4v) is 2.63. The second-order valence-electron chi connectivity index (χ2n) is 5.10. The van der Waals surface area contributed by atoms with E-state index in [1.165, 1.54) is 32.1 Å². The van der Waals surface area contributed by atoms with E-state index in [9.17, 15) is 4.79 Å². The number of rotatable bonds is 3. The lowest BCUT2D eigenvalue weighted by atomic mass is 9.84. The summed E-state index contributed by atoms with van der Waals surface area (Å²) in [6.07, 6.45) is 7.88. The molecule has 98 valence electrons. The molecule has 4 heteroatoms. The highest BCUT2D eigenvalue weighted by atomic mass is 16.1. The fraction of sp³-hybridized carbons (Fsp3) is 0.571. The Morgan fingerprint density at radius 3 is 2.83 bits per heavy atom. The zero-order chi connectivity index (χ0) is 13.0. The number of nitrogens with one attached hydrogen (secondary N) is 1. The lowest BCUT2D eigenvalue weighted by Crippen LogP contribution is -2.39. The summed E-state index contributed by atoms with van der Waals surface area (Å²) in [5.41, 5.74) is 6.52. The summed E-state index contributed by atoms with van der Waals surface area (Å²) in [5, 5.41) is 3.03. The van der Waals surface area contributed by atoms with Crippen molar-refractivity contribution in [3.63, 3.8) is 0 Å². The van der Waals surface area contributed by atoms with Gasteiger partial charge < -0.3 is 11.1 Å². The summed E-state index contributed by atoms with van der Waals surface area (Å²) in [6.45, 7) is 2.08. The monoisotopic (exact) mass is 247 g/mol. The molecular formula is C14H21N3O. The van der Waals surface area contributed by atoms with Gasteiger partial charge in [-0.1, -0.05) is 19.3 Å². The van der Waals surface area contributed by atoms with Crippen molar-refractivity contribution in [1.29, 1.82) is 0 Å². The van der Waals surface area contributed by atoms with Crippen molar-refractivity contribution >= 4 is 11.6 Å². The van der Waals surface area contributed by atoms with Gasteiger partial charge in [0.15, 0.2) is 5.69 Å². The Kier molecular flexibility index (Phi) is 4.18. The normalized spacial score (nSPS) is 18.3. The predicted molar refractivity (Wildman–Crippen MR) is 72.2 cm³/mol. The first kappa shape index (κ1) is 12.9. The molecule has 1 saturated carbocycles. The van der Waals surface area contributed by atoms with Crippen LogP contribution in [0, 0.1) is 5.92 Å². The van der Waals surface area contributed by atoms with Crippen molar-refractivity contribution in [2.45, 2.75) is 45.1 Å². The van der Waals surface area contributed by atoms with Gasteiger partial charge in [-0.05, 0) is 37.8 Å². The summed E-state index contributed by atoms with van der Waals surface area (Å²) in [7, 11) is 0. The van der Waals surface area contributed by atoms with Gasteiger partial charge >= 0.3 is 0 Å². The van der Waals surface area contributed by atoms with E-state index in [1.807, 2.05) is 0 Å². The van der Waals surface area contributed by atoms with Crippen LogP contribution < -0.4 is 11.1 Å². The van der Waals surface area contributed by atoms with E-state index >= 15 is 0 Å². The minimum Gasteiger partial charge on any atom is -0.397 e. The van der Waals surface area contributed by atoms with Crippen molar-refractivity contribution < 1.29 is 4.79 Å². The SMILES string of the molecule is C[C@@H](NC(=O)c1ncccc1N)C1CCCCC1. The van der Waals surface area contributed by atoms with Crippen LogP contribution in [0.4, 0.5) is 5.69 Å². The van der Waals surface area contributed by atoms with Gasteiger partial charge in [-0.3, -0.25) is 4.79 Å². The number of carbonyl (C=O) groups is 1. The number of nitrogens with zero attached hydrogens (tertiary/aromatic N) is 1. The minimum atomic E-state index is -0.161. The van der Waals surface area contributed by atoms with Gasteiger partial charge in [-0.15, -0.1) is 0 Å². The molecule has 18 heavy (non-hydrogen) atoms. The Balaban J connectivity index is 1.96. The first-order valence-electron chi connectivity index (χ1n) is 6.70. The van der Waals surface area contributed by atoms with Crippen LogP contribution >= 0.6 is 0 Å². The quantitative estimate of drug-likeness (QED) is 0.861. The molecule has 0 radical (unpaired) electrons. The number of nitrogens with two attached hydrogens (primary N) is 1. The molecule has 3 N–H and O–H groups in total. The van der Waals surface area contributed by atoms with E-state index in [4.69, 9.17) is 5.73 Å². The Hall–Kier alpha value is -1.58. The third-order valence-corrected chi connectivity index (χ3v) is 3.77. The summed E-state index contributed by atoms with van der Waals surface area (Å²) in [4.78, 5) is 16.1. The molecule has 1 aliphatic rings. The number of hydrogen-bond donors (Lipinski definition) is 2. The van der Waals surface area contributed by atoms with Gasteiger partial charge in [0.25, 0.3) is 5.91 Å². The van der Waals surface area contributed by atoms with Gasteiger partial charge in [0.2, 0.25) is 0 Å². The van der Waals surface area contributed by atoms with Crippen LogP contribution in [0.25, 0.3) is 0 Å². The molecule has 1 fully saturated rings. The highest BCUT2D eigenvalue weighted by molar-refractivity contribution is 5.97. The summed E-state index contributed by atoms with van der Waals surface area (Å²) >= 11 is 0. The Labute approximate surface area is 108 Å². The maximum Gasteiger partial charge on any atom is 0.272 e. The number of nitrogen functional groups attached to an aromatic ring is 1. The topological polar surface area (TPSA) is 68.0 Å². The zero-order valence-corrected chi connectivity index (χ0v) is 10.9. The van der Waals surface area contributed by atoms with Crippen molar-refractivity contribution in [2.75, 3.05) is 5.73 Å². The smallest absolute Gasteiger partial charge is 0.272 e. The largest absolute Gasteiger partial charge is 0.397 e. The first-order chi connectivity index (χ1) is 8.68. The first-order valence-corrected chi connectivity index (χ1v) is 6.70. The van der Waals surface area contributed by atoms with Crippen molar-refractivity contribution in [3.05, 3.63) is 24.0 Å². The van der Waals surface area contributed by atoms with Crippen LogP contribution in [-0.2, 0) is 0 Å². The Bertz CT molecular complexity index is 413. The molecule has 4 nitrogen and oxygen atoms in total. The number of hydrogen-bond acceptors (Lipinski definition) is 3. The number of aromatic nitrogens is 1. The predicted octanol–water partition coefficient (Wildman–Crippen LogP) is 2.36. The average Bonchev–Trinajstić information content (AvgIpc) is 2.40. The highest BCUT2D eigenvalue weighted by Gasteiger charge is 2.22. The van der Waals surface area contributed by atoms with E-state index < -0.39 is 0 Å². The summed E-state index contributed by atoms with van der Waals surface area (Å²) in [6, 6.07) is 3.63. The van der Waals surface area contributed by atoms with Gasteiger partial charge in [0.05, 0.1) is 5.69 Å². The highest BCUT2D eigenvalue weighted by Crippen LogP contribution is 2.26. The van der Waals surface area contributed by atoms with E-state index in [1.54, 1.807) is 18.3 Å². The molecule has 0 aromatic carbocycles. The number of carbonyl (C=O) groups excluding carboxylic acids is 1. The molecule has 1 aliphatic carbocycles. The molecule has 0 unspecified atom stereocenters. The molecule has 1 heterocycles. The second-order valence-corrected chi connectivity index (χ2v) is 5.10. The van der Waals surface area contributed by atoms with Crippen molar-refractivity contribution in [2.24, 2.45) is 5.92 Å². The molecule has 1 amide bonds. The van der Waals surface area contributed by atoms with Crippen LogP contribution in [0.3, 0.4) is 0 Å². The summed E-state index contributed by atoms with van der Waals surface area (Å²) < 4.78 is 0. The fourth-order valence-electron chi connectivity index (χ4n) is 2.63. The lowest BCUT2D eigenvalue weighted by Gasteiger charge is -2.28. The Morgan fingerprint density at radius 2 is 2.17 bits per heavy atom. The molecule has 1 aromatic rings. The van der Waals surface area contributed by atoms with Crippen molar-refractivity contribution in [1.82, 2.24) is 10.3 Å². The number of amides is 1. The molecule has 0 aliphatic heterocycles. The maximum atomic E-state index is 12.1. The molecule has 1 aromatic heterocycles. The number of anilines is 1. The van der Waals surface area contributed by atoms with Gasteiger partial charge in [0.1, 0.15) is 0 Å². The molecule has 2 rings (SSSR count). The van der Waals surface area contributed by atoms with Gasteiger partial charge in [-0.2, -0.15) is 0 Å². The molecule has 0 saturated heterocycles. The van der Waals surface area contributed by atoms with Crippen LogP contribution in [0.1, 0.15) is 49.5 Å². The molecule has 0 bridgehead atoms. The van der Waals surface area contributed by atoms with E-state index in [2.05, 4.69) is 17.2 Å². The van der Waals surface area contributed by atoms with Gasteiger partial charge in [0, 0.05) is 12.2 Å².